The number of rotatable bonds is 9. The van der Waals surface area contributed by atoms with Gasteiger partial charge in [0, 0.05) is 0 Å². The van der Waals surface area contributed by atoms with Gasteiger partial charge in [-0.3, -0.25) is 14.4 Å². The second-order valence-electron chi connectivity index (χ2n) is 3.33. The molecule has 0 unspecified atom stereocenters. The number of amides is 2. The third kappa shape index (κ3) is 8.39. The molecule has 7 nitrogen and oxygen atoms in total. The van der Waals surface area contributed by atoms with Gasteiger partial charge < -0.3 is 20.5 Å². The van der Waals surface area contributed by atoms with E-state index in [-0.39, 0.29) is 13.0 Å². The summed E-state index contributed by atoms with van der Waals surface area (Å²) in [6, 6.07) is 0. The molecule has 0 aliphatic heterocycles. The van der Waals surface area contributed by atoms with Crippen molar-refractivity contribution < 1.29 is 33.0 Å². The fourth-order valence-corrected chi connectivity index (χ4v) is 1.07. The SMILES string of the molecule is NC(=O)CN(CC(=O)O)C(=O)CCOCC(F)F. The number of ether oxygens (including phenoxy) is 1. The van der Waals surface area contributed by atoms with Crippen LogP contribution in [0, 0.1) is 0 Å². The van der Waals surface area contributed by atoms with E-state index in [4.69, 9.17) is 10.8 Å². The predicted octanol–water partition coefficient (Wildman–Crippen LogP) is -0.943. The van der Waals surface area contributed by atoms with Gasteiger partial charge >= 0.3 is 5.97 Å². The van der Waals surface area contributed by atoms with Crippen molar-refractivity contribution in [1.82, 2.24) is 4.90 Å². The molecule has 0 heterocycles. The Kier molecular flexibility index (Phi) is 7.52. The summed E-state index contributed by atoms with van der Waals surface area (Å²) < 4.78 is 27.9. The lowest BCUT2D eigenvalue weighted by molar-refractivity contribution is -0.146. The third-order valence-corrected chi connectivity index (χ3v) is 1.73. The lowest BCUT2D eigenvalue weighted by atomic mass is 10.3. The first kappa shape index (κ1) is 16.2. The summed E-state index contributed by atoms with van der Waals surface area (Å²) in [5, 5.41) is 8.51. The molecule has 0 bridgehead atoms. The number of nitrogens with zero attached hydrogens (tertiary/aromatic N) is 1. The Bertz CT molecular complexity index is 295. The monoisotopic (exact) mass is 268 g/mol. The van der Waals surface area contributed by atoms with E-state index in [0.717, 1.165) is 4.90 Å². The van der Waals surface area contributed by atoms with E-state index in [0.29, 0.717) is 0 Å². The summed E-state index contributed by atoms with van der Waals surface area (Å²) in [6.45, 7) is -2.31. The fourth-order valence-electron chi connectivity index (χ4n) is 1.07. The van der Waals surface area contributed by atoms with Crippen molar-refractivity contribution >= 4 is 17.8 Å². The summed E-state index contributed by atoms with van der Waals surface area (Å²) in [6.07, 6.45) is -2.94. The van der Waals surface area contributed by atoms with Crippen LogP contribution < -0.4 is 5.73 Å². The average molecular weight is 268 g/mol. The molecule has 9 heteroatoms. The number of alkyl halides is 2. The van der Waals surface area contributed by atoms with E-state index in [1.54, 1.807) is 0 Å². The highest BCUT2D eigenvalue weighted by Gasteiger charge is 2.18. The second-order valence-corrected chi connectivity index (χ2v) is 3.33. The number of carbonyl (C=O) groups excluding carboxylic acids is 2. The molecule has 0 atom stereocenters. The molecule has 18 heavy (non-hydrogen) atoms. The average Bonchev–Trinajstić information content (AvgIpc) is 2.21. The van der Waals surface area contributed by atoms with Crippen LogP contribution in [0.5, 0.6) is 0 Å². The van der Waals surface area contributed by atoms with Crippen molar-refractivity contribution in [2.75, 3.05) is 26.3 Å². The largest absolute Gasteiger partial charge is 0.480 e. The maximum atomic E-state index is 11.7. The van der Waals surface area contributed by atoms with E-state index in [1.165, 1.54) is 0 Å². The number of halogens is 2. The van der Waals surface area contributed by atoms with Gasteiger partial charge in [-0.1, -0.05) is 0 Å². The molecule has 0 saturated heterocycles. The minimum absolute atomic E-state index is 0.280. The summed E-state index contributed by atoms with van der Waals surface area (Å²) in [5.41, 5.74) is 4.85. The molecule has 2 amide bonds. The lowest BCUT2D eigenvalue weighted by Crippen LogP contribution is -2.41. The minimum Gasteiger partial charge on any atom is -0.480 e. The molecule has 0 aromatic heterocycles. The molecule has 0 aliphatic carbocycles. The van der Waals surface area contributed by atoms with Crippen LogP contribution in [0.25, 0.3) is 0 Å². The van der Waals surface area contributed by atoms with Crippen LogP contribution in [0.1, 0.15) is 6.42 Å². The zero-order valence-corrected chi connectivity index (χ0v) is 9.47. The maximum Gasteiger partial charge on any atom is 0.323 e. The van der Waals surface area contributed by atoms with Crippen LogP contribution in [-0.2, 0) is 19.1 Å². The standard InChI is InChI=1S/C9H14F2N2O5/c10-6(11)5-18-2-1-8(15)13(3-7(12)14)4-9(16)17/h6H,1-5H2,(H2,12,14)(H,16,17). The third-order valence-electron chi connectivity index (χ3n) is 1.73. The van der Waals surface area contributed by atoms with E-state index in [1.807, 2.05) is 0 Å². The summed E-state index contributed by atoms with van der Waals surface area (Å²) in [7, 11) is 0. The minimum atomic E-state index is -2.64. The highest BCUT2D eigenvalue weighted by atomic mass is 19.3. The van der Waals surface area contributed by atoms with Crippen molar-refractivity contribution in [2.24, 2.45) is 5.73 Å². The Morgan fingerprint density at radius 2 is 1.89 bits per heavy atom. The van der Waals surface area contributed by atoms with Crippen molar-refractivity contribution in [3.05, 3.63) is 0 Å². The molecule has 0 saturated carbocycles. The van der Waals surface area contributed by atoms with Gasteiger partial charge in [-0.25, -0.2) is 8.78 Å². The van der Waals surface area contributed by atoms with Crippen LogP contribution in [0.15, 0.2) is 0 Å². The van der Waals surface area contributed by atoms with Crippen molar-refractivity contribution in [3.8, 4) is 0 Å². The molecule has 0 fully saturated rings. The molecule has 0 aliphatic rings. The topological polar surface area (TPSA) is 110 Å². The molecule has 0 rings (SSSR count). The second kappa shape index (κ2) is 8.34. The van der Waals surface area contributed by atoms with E-state index in [9.17, 15) is 23.2 Å². The van der Waals surface area contributed by atoms with Crippen LogP contribution in [0.2, 0.25) is 0 Å². The van der Waals surface area contributed by atoms with Gasteiger partial charge in [0.15, 0.2) is 0 Å². The first-order chi connectivity index (χ1) is 8.32. The van der Waals surface area contributed by atoms with Crippen molar-refractivity contribution in [2.45, 2.75) is 12.8 Å². The van der Waals surface area contributed by atoms with Crippen LogP contribution in [0.3, 0.4) is 0 Å². The Hall–Kier alpha value is -1.77. The molecule has 3 N–H and O–H groups in total. The zero-order valence-electron chi connectivity index (χ0n) is 9.47. The fraction of sp³-hybridized carbons (Fsp3) is 0.667. The summed E-state index contributed by atoms with van der Waals surface area (Å²) in [5.74, 6) is -2.87. The lowest BCUT2D eigenvalue weighted by Gasteiger charge is -2.18. The maximum absolute atomic E-state index is 11.7. The molecule has 0 radical (unpaired) electrons. The van der Waals surface area contributed by atoms with E-state index < -0.39 is 43.9 Å². The first-order valence-electron chi connectivity index (χ1n) is 4.96. The molecule has 0 aromatic carbocycles. The number of carboxylic acid groups (broad SMARTS) is 1. The Morgan fingerprint density at radius 3 is 2.33 bits per heavy atom. The Balaban J connectivity index is 4.12. The predicted molar refractivity (Wildman–Crippen MR) is 54.9 cm³/mol. The number of nitrogens with two attached hydrogens (primary N) is 1. The van der Waals surface area contributed by atoms with E-state index >= 15 is 0 Å². The molecular weight excluding hydrogens is 254 g/mol. The number of carbonyl (C=O) groups is 3. The quantitative estimate of drug-likeness (QED) is 0.524. The Labute approximate surface area is 101 Å². The Morgan fingerprint density at radius 1 is 1.28 bits per heavy atom. The molecule has 0 aromatic rings. The molecular formula is C9H14F2N2O5. The summed E-state index contributed by atoms with van der Waals surface area (Å²) >= 11 is 0. The van der Waals surface area contributed by atoms with Crippen LogP contribution in [0.4, 0.5) is 8.78 Å². The number of carboxylic acids is 1. The zero-order chi connectivity index (χ0) is 14.1. The van der Waals surface area contributed by atoms with Crippen LogP contribution in [-0.4, -0.2) is 60.5 Å². The van der Waals surface area contributed by atoms with E-state index in [2.05, 4.69) is 4.74 Å². The van der Waals surface area contributed by atoms with Crippen molar-refractivity contribution in [1.29, 1.82) is 0 Å². The van der Waals surface area contributed by atoms with Gasteiger partial charge in [0.1, 0.15) is 13.2 Å². The highest BCUT2D eigenvalue weighted by Crippen LogP contribution is 1.98. The number of aliphatic carboxylic acids is 1. The van der Waals surface area contributed by atoms with Crippen LogP contribution >= 0.6 is 0 Å². The summed E-state index contributed by atoms with van der Waals surface area (Å²) in [4.78, 5) is 33.2. The molecule has 104 valence electrons. The number of hydrogen-bond donors (Lipinski definition) is 2. The number of primary amides is 1. The smallest absolute Gasteiger partial charge is 0.323 e. The van der Waals surface area contributed by atoms with Gasteiger partial charge in [-0.05, 0) is 0 Å². The first-order valence-corrected chi connectivity index (χ1v) is 4.96. The van der Waals surface area contributed by atoms with Crippen molar-refractivity contribution in [3.63, 3.8) is 0 Å². The van der Waals surface area contributed by atoms with Gasteiger partial charge in [-0.15, -0.1) is 0 Å². The molecule has 0 spiro atoms. The normalized spacial score (nSPS) is 10.4. The van der Waals surface area contributed by atoms with Gasteiger partial charge in [0.2, 0.25) is 11.8 Å². The van der Waals surface area contributed by atoms with Gasteiger partial charge in [0.05, 0.1) is 19.6 Å². The number of hydrogen-bond acceptors (Lipinski definition) is 4. The van der Waals surface area contributed by atoms with Gasteiger partial charge in [-0.2, -0.15) is 0 Å². The highest BCUT2D eigenvalue weighted by molar-refractivity contribution is 5.86. The van der Waals surface area contributed by atoms with Gasteiger partial charge in [0.25, 0.3) is 6.43 Å².